The van der Waals surface area contributed by atoms with E-state index in [2.05, 4.69) is 20.8 Å². The van der Waals surface area contributed by atoms with Crippen LogP contribution in [0.1, 0.15) is 12.8 Å². The summed E-state index contributed by atoms with van der Waals surface area (Å²) in [7, 11) is -3.64. The molecule has 0 aliphatic carbocycles. The Hall–Kier alpha value is -2.54. The van der Waals surface area contributed by atoms with Gasteiger partial charge in [-0.2, -0.15) is 8.99 Å². The van der Waals surface area contributed by atoms with Crippen molar-refractivity contribution in [1.82, 2.24) is 24.5 Å². The first-order valence-corrected chi connectivity index (χ1v) is 12.4. The fraction of sp³-hybridized carbons (Fsp3) is 0.263. The minimum absolute atomic E-state index is 0.0711. The molecule has 0 unspecified atom stereocenters. The third-order valence-electron chi connectivity index (χ3n) is 4.74. The van der Waals surface area contributed by atoms with E-state index in [1.807, 2.05) is 0 Å². The van der Waals surface area contributed by atoms with Gasteiger partial charge in [0.1, 0.15) is 5.82 Å². The number of hydrogen-bond donors (Lipinski definition) is 1. The van der Waals surface area contributed by atoms with Crippen LogP contribution in [0.2, 0.25) is 5.02 Å². The Morgan fingerprint density at radius 2 is 1.97 bits per heavy atom. The molecular formula is C19H18ClFN6O3S2. The largest absolute Gasteiger partial charge is 0.324 e. The summed E-state index contributed by atoms with van der Waals surface area (Å²) in [6.07, 6.45) is 1.64. The predicted molar refractivity (Wildman–Crippen MR) is 118 cm³/mol. The molecule has 1 amide bonds. The van der Waals surface area contributed by atoms with Gasteiger partial charge in [-0.1, -0.05) is 29.4 Å². The maximum Gasteiger partial charge on any atom is 0.243 e. The van der Waals surface area contributed by atoms with Crippen LogP contribution in [0.3, 0.4) is 0 Å². The van der Waals surface area contributed by atoms with Crippen molar-refractivity contribution in [1.29, 1.82) is 0 Å². The summed E-state index contributed by atoms with van der Waals surface area (Å²) in [5.41, 5.74) is 0.614. The highest BCUT2D eigenvalue weighted by molar-refractivity contribution is 7.99. The third-order valence-corrected chi connectivity index (χ3v) is 7.88. The Morgan fingerprint density at radius 1 is 1.19 bits per heavy atom. The molecule has 3 aromatic rings. The van der Waals surface area contributed by atoms with E-state index < -0.39 is 21.7 Å². The number of benzene rings is 2. The van der Waals surface area contributed by atoms with Gasteiger partial charge in [-0.25, -0.2) is 12.8 Å². The highest BCUT2D eigenvalue weighted by atomic mass is 35.5. The van der Waals surface area contributed by atoms with E-state index in [1.54, 1.807) is 6.07 Å². The minimum Gasteiger partial charge on any atom is -0.324 e. The number of sulfonamides is 1. The van der Waals surface area contributed by atoms with Crippen molar-refractivity contribution in [3.63, 3.8) is 0 Å². The highest BCUT2D eigenvalue weighted by Crippen LogP contribution is 2.29. The van der Waals surface area contributed by atoms with Gasteiger partial charge in [0.15, 0.2) is 0 Å². The summed E-state index contributed by atoms with van der Waals surface area (Å²) in [6, 6.07) is 9.96. The smallest absolute Gasteiger partial charge is 0.243 e. The first kappa shape index (κ1) is 22.6. The van der Waals surface area contributed by atoms with Crippen LogP contribution in [0.15, 0.2) is 52.5 Å². The molecule has 0 spiro atoms. The maximum absolute atomic E-state index is 13.5. The van der Waals surface area contributed by atoms with Crippen LogP contribution in [0, 0.1) is 5.82 Å². The van der Waals surface area contributed by atoms with Crippen LogP contribution < -0.4 is 5.32 Å². The number of amides is 1. The minimum atomic E-state index is -3.64. The summed E-state index contributed by atoms with van der Waals surface area (Å²) in [4.78, 5) is 12.6. The van der Waals surface area contributed by atoms with Crippen LogP contribution >= 0.6 is 23.4 Å². The summed E-state index contributed by atoms with van der Waals surface area (Å²) < 4.78 is 41.8. The number of tetrazole rings is 1. The Bertz CT molecular complexity index is 1250. The van der Waals surface area contributed by atoms with Crippen molar-refractivity contribution in [3.05, 3.63) is 53.3 Å². The molecule has 1 aliphatic rings. The van der Waals surface area contributed by atoms with Gasteiger partial charge in [0, 0.05) is 13.1 Å². The molecular weight excluding hydrogens is 479 g/mol. The Balaban J connectivity index is 1.45. The Labute approximate surface area is 193 Å². The molecule has 1 saturated heterocycles. The molecule has 168 valence electrons. The van der Waals surface area contributed by atoms with Crippen LogP contribution in [0.5, 0.6) is 0 Å². The molecule has 1 aromatic heterocycles. The van der Waals surface area contributed by atoms with Gasteiger partial charge in [-0.3, -0.25) is 4.79 Å². The summed E-state index contributed by atoms with van der Waals surface area (Å²) in [6.45, 7) is 0.951. The number of aromatic nitrogens is 4. The lowest BCUT2D eigenvalue weighted by atomic mass is 10.3. The first-order chi connectivity index (χ1) is 15.3. The van der Waals surface area contributed by atoms with Gasteiger partial charge in [-0.05, 0) is 59.7 Å². The number of hydrogen-bond acceptors (Lipinski definition) is 7. The average molecular weight is 497 g/mol. The molecule has 4 rings (SSSR count). The molecule has 32 heavy (non-hydrogen) atoms. The van der Waals surface area contributed by atoms with Gasteiger partial charge in [0.2, 0.25) is 21.1 Å². The number of thioether (sulfide) groups is 1. The number of carbonyl (C=O) groups excluding carboxylic acids is 1. The van der Waals surface area contributed by atoms with E-state index in [0.29, 0.717) is 23.9 Å². The summed E-state index contributed by atoms with van der Waals surface area (Å²) >= 11 is 7.21. The lowest BCUT2D eigenvalue weighted by molar-refractivity contribution is -0.113. The van der Waals surface area contributed by atoms with Crippen LogP contribution in [0.4, 0.5) is 10.1 Å². The second-order valence-corrected chi connectivity index (χ2v) is 10.2. The van der Waals surface area contributed by atoms with Crippen molar-refractivity contribution in [3.8, 4) is 5.69 Å². The molecule has 0 radical (unpaired) electrons. The highest BCUT2D eigenvalue weighted by Gasteiger charge is 2.27. The topological polar surface area (TPSA) is 110 Å². The van der Waals surface area contributed by atoms with Crippen molar-refractivity contribution >= 4 is 45.0 Å². The number of nitrogens with one attached hydrogen (secondary N) is 1. The molecule has 2 aromatic carbocycles. The van der Waals surface area contributed by atoms with E-state index in [-0.39, 0.29) is 21.4 Å². The molecule has 9 nitrogen and oxygen atoms in total. The molecule has 1 aliphatic heterocycles. The number of anilines is 1. The zero-order valence-electron chi connectivity index (χ0n) is 16.6. The molecule has 0 saturated carbocycles. The second kappa shape index (κ2) is 9.53. The average Bonchev–Trinajstić information content (AvgIpc) is 3.46. The monoisotopic (exact) mass is 496 g/mol. The summed E-state index contributed by atoms with van der Waals surface area (Å²) in [5.74, 6) is -0.943. The number of carbonyl (C=O) groups is 1. The van der Waals surface area contributed by atoms with Crippen molar-refractivity contribution < 1.29 is 17.6 Å². The molecule has 0 bridgehead atoms. The van der Waals surface area contributed by atoms with Gasteiger partial charge in [-0.15, -0.1) is 5.10 Å². The van der Waals surface area contributed by atoms with Crippen LogP contribution in [0.25, 0.3) is 5.69 Å². The molecule has 0 atom stereocenters. The lowest BCUT2D eigenvalue weighted by Gasteiger charge is -2.16. The van der Waals surface area contributed by atoms with Gasteiger partial charge < -0.3 is 5.32 Å². The standard InChI is InChI=1S/C19H18ClFN6O3S2/c20-16-7-6-15(32(29,30)26-8-1-2-9-26)11-17(16)22-18(28)12-31-19-23-24-25-27(19)14-5-3-4-13(21)10-14/h3-7,10-11H,1-2,8-9,12H2,(H,22,28). The number of nitrogens with zero attached hydrogens (tertiary/aromatic N) is 5. The van der Waals surface area contributed by atoms with Crippen molar-refractivity contribution in [2.24, 2.45) is 0 Å². The van der Waals surface area contributed by atoms with Gasteiger partial charge in [0.05, 0.1) is 27.0 Å². The number of rotatable bonds is 7. The lowest BCUT2D eigenvalue weighted by Crippen LogP contribution is -2.28. The maximum atomic E-state index is 13.5. The zero-order valence-corrected chi connectivity index (χ0v) is 19.0. The normalized spacial score (nSPS) is 14.6. The first-order valence-electron chi connectivity index (χ1n) is 9.61. The second-order valence-electron chi connectivity index (χ2n) is 6.94. The predicted octanol–water partition coefficient (Wildman–Crippen LogP) is 2.97. The van der Waals surface area contributed by atoms with Crippen molar-refractivity contribution in [2.75, 3.05) is 24.2 Å². The van der Waals surface area contributed by atoms with Crippen LogP contribution in [-0.4, -0.2) is 57.7 Å². The molecule has 1 N–H and O–H groups in total. The molecule has 13 heteroatoms. The fourth-order valence-corrected chi connectivity index (χ4v) is 5.59. The van der Waals surface area contributed by atoms with E-state index >= 15 is 0 Å². The molecule has 1 fully saturated rings. The molecule has 2 heterocycles. The van der Waals surface area contributed by atoms with E-state index in [1.165, 1.54) is 45.4 Å². The number of halogens is 2. The van der Waals surface area contributed by atoms with E-state index in [0.717, 1.165) is 24.6 Å². The van der Waals surface area contributed by atoms with Gasteiger partial charge in [0.25, 0.3) is 0 Å². The SMILES string of the molecule is O=C(CSc1nnnn1-c1cccc(F)c1)Nc1cc(S(=O)(=O)N2CCCC2)ccc1Cl. The van der Waals surface area contributed by atoms with E-state index in [9.17, 15) is 17.6 Å². The zero-order chi connectivity index (χ0) is 22.7. The van der Waals surface area contributed by atoms with E-state index in [4.69, 9.17) is 11.6 Å². The summed E-state index contributed by atoms with van der Waals surface area (Å²) in [5, 5.41) is 14.4. The van der Waals surface area contributed by atoms with Crippen LogP contribution in [-0.2, 0) is 14.8 Å². The quantitative estimate of drug-likeness (QED) is 0.500. The fourth-order valence-electron chi connectivity index (χ4n) is 3.19. The Morgan fingerprint density at radius 3 is 2.72 bits per heavy atom. The van der Waals surface area contributed by atoms with Crippen molar-refractivity contribution in [2.45, 2.75) is 22.9 Å². The third kappa shape index (κ3) is 4.93. The van der Waals surface area contributed by atoms with Gasteiger partial charge >= 0.3 is 0 Å². The Kier molecular flexibility index (Phi) is 6.74.